The molecule has 0 aromatic rings. The van der Waals surface area contributed by atoms with Gasteiger partial charge in [-0.2, -0.15) is 0 Å². The standard InChI is InChI=1S/C19H40N2O2/c1-6-8-9-10-11-12-13-14-15-17-20-19(16-7-2,18(22)23)21(3,4)5/h20H,6-17H2,1-5H3/p+1. The molecule has 0 aliphatic carbocycles. The molecule has 0 radical (unpaired) electrons. The number of rotatable bonds is 15. The van der Waals surface area contributed by atoms with Crippen molar-refractivity contribution in [3.63, 3.8) is 0 Å². The molecule has 23 heavy (non-hydrogen) atoms. The number of carbonyl (C=O) groups is 1. The van der Waals surface area contributed by atoms with Gasteiger partial charge >= 0.3 is 5.97 Å². The SMILES string of the molecule is CCCCCCCCCCCNC(CCC)(C(=O)O)[N+](C)(C)C. The summed E-state index contributed by atoms with van der Waals surface area (Å²) in [6.07, 6.45) is 13.1. The highest BCUT2D eigenvalue weighted by Crippen LogP contribution is 2.22. The minimum absolute atomic E-state index is 0.410. The van der Waals surface area contributed by atoms with Gasteiger partial charge in [-0.15, -0.1) is 0 Å². The van der Waals surface area contributed by atoms with Gasteiger partial charge in [0.25, 0.3) is 5.66 Å². The molecule has 0 aromatic heterocycles. The van der Waals surface area contributed by atoms with Gasteiger partial charge in [0.2, 0.25) is 0 Å². The minimum Gasteiger partial charge on any atom is -0.476 e. The van der Waals surface area contributed by atoms with E-state index in [2.05, 4.69) is 12.2 Å². The fourth-order valence-corrected chi connectivity index (χ4v) is 3.22. The predicted molar refractivity (Wildman–Crippen MR) is 98.5 cm³/mol. The van der Waals surface area contributed by atoms with Gasteiger partial charge in [-0.3, -0.25) is 5.32 Å². The third kappa shape index (κ3) is 8.16. The molecule has 0 spiro atoms. The highest BCUT2D eigenvalue weighted by molar-refractivity contribution is 5.76. The van der Waals surface area contributed by atoms with Crippen molar-refractivity contribution in [1.82, 2.24) is 5.32 Å². The summed E-state index contributed by atoms with van der Waals surface area (Å²) in [6.45, 7) is 5.09. The van der Waals surface area contributed by atoms with Gasteiger partial charge in [0.1, 0.15) is 0 Å². The predicted octanol–water partition coefficient (Wildman–Crippen LogP) is 4.39. The van der Waals surface area contributed by atoms with Crippen LogP contribution in [0.15, 0.2) is 0 Å². The van der Waals surface area contributed by atoms with Crippen LogP contribution in [0.5, 0.6) is 0 Å². The average Bonchev–Trinajstić information content (AvgIpc) is 2.46. The highest BCUT2D eigenvalue weighted by atomic mass is 16.4. The van der Waals surface area contributed by atoms with Gasteiger partial charge in [-0.25, -0.2) is 4.79 Å². The summed E-state index contributed by atoms with van der Waals surface area (Å²) in [5, 5.41) is 13.1. The summed E-state index contributed by atoms with van der Waals surface area (Å²) in [5.74, 6) is -0.734. The minimum atomic E-state index is -0.866. The summed E-state index contributed by atoms with van der Waals surface area (Å²) < 4.78 is 0.410. The molecular formula is C19H41N2O2+. The summed E-state index contributed by atoms with van der Waals surface area (Å²) in [6, 6.07) is 0. The largest absolute Gasteiger partial charge is 0.476 e. The second-order valence-electron chi connectivity index (χ2n) is 7.68. The van der Waals surface area contributed by atoms with Crippen molar-refractivity contribution in [2.75, 3.05) is 27.7 Å². The quantitative estimate of drug-likeness (QED) is 0.266. The van der Waals surface area contributed by atoms with Crippen LogP contribution < -0.4 is 5.32 Å². The lowest BCUT2D eigenvalue weighted by Crippen LogP contribution is -2.70. The van der Waals surface area contributed by atoms with Gasteiger partial charge in [0.15, 0.2) is 0 Å². The molecule has 138 valence electrons. The fraction of sp³-hybridized carbons (Fsp3) is 0.947. The lowest BCUT2D eigenvalue weighted by molar-refractivity contribution is -0.918. The molecule has 0 aliphatic rings. The zero-order valence-electron chi connectivity index (χ0n) is 16.3. The van der Waals surface area contributed by atoms with E-state index in [1.807, 2.05) is 28.1 Å². The molecule has 0 aromatic carbocycles. The van der Waals surface area contributed by atoms with Crippen molar-refractivity contribution in [2.45, 2.75) is 90.1 Å². The lowest BCUT2D eigenvalue weighted by Gasteiger charge is -2.43. The van der Waals surface area contributed by atoms with Gasteiger partial charge < -0.3 is 9.59 Å². The molecular weight excluding hydrogens is 288 g/mol. The van der Waals surface area contributed by atoms with E-state index < -0.39 is 11.6 Å². The van der Waals surface area contributed by atoms with Crippen LogP contribution in [0.3, 0.4) is 0 Å². The highest BCUT2D eigenvalue weighted by Gasteiger charge is 2.49. The number of quaternary nitrogens is 1. The van der Waals surface area contributed by atoms with E-state index >= 15 is 0 Å². The third-order valence-corrected chi connectivity index (χ3v) is 4.81. The average molecular weight is 330 g/mol. The fourth-order valence-electron chi connectivity index (χ4n) is 3.22. The van der Waals surface area contributed by atoms with Crippen LogP contribution in [-0.4, -0.2) is 48.9 Å². The van der Waals surface area contributed by atoms with Crippen LogP contribution in [0, 0.1) is 0 Å². The number of hydrogen-bond acceptors (Lipinski definition) is 2. The Morgan fingerprint density at radius 3 is 1.74 bits per heavy atom. The van der Waals surface area contributed by atoms with Crippen molar-refractivity contribution in [3.05, 3.63) is 0 Å². The zero-order chi connectivity index (χ0) is 17.8. The maximum atomic E-state index is 11.9. The first kappa shape index (κ1) is 22.4. The third-order valence-electron chi connectivity index (χ3n) is 4.81. The Balaban J connectivity index is 4.04. The van der Waals surface area contributed by atoms with Crippen molar-refractivity contribution in [1.29, 1.82) is 0 Å². The van der Waals surface area contributed by atoms with Gasteiger partial charge in [-0.1, -0.05) is 65.2 Å². The number of carboxylic acids is 1. The number of hydrogen-bond donors (Lipinski definition) is 2. The molecule has 0 saturated heterocycles. The van der Waals surface area contributed by atoms with Crippen molar-refractivity contribution < 1.29 is 14.4 Å². The molecule has 0 heterocycles. The van der Waals surface area contributed by atoms with E-state index in [0.717, 1.165) is 19.4 Å². The summed E-state index contributed by atoms with van der Waals surface area (Å²) in [7, 11) is 5.90. The Bertz CT molecular complexity index is 313. The van der Waals surface area contributed by atoms with E-state index in [4.69, 9.17) is 0 Å². The van der Waals surface area contributed by atoms with E-state index in [9.17, 15) is 9.90 Å². The second-order valence-corrected chi connectivity index (χ2v) is 7.68. The van der Waals surface area contributed by atoms with Crippen LogP contribution in [0.25, 0.3) is 0 Å². The molecule has 4 nitrogen and oxygen atoms in total. The van der Waals surface area contributed by atoms with E-state index in [0.29, 0.717) is 10.9 Å². The van der Waals surface area contributed by atoms with Gasteiger partial charge in [0.05, 0.1) is 21.1 Å². The number of unbranched alkanes of at least 4 members (excludes halogenated alkanes) is 8. The normalized spacial score (nSPS) is 14.7. The number of nitrogens with one attached hydrogen (secondary N) is 1. The van der Waals surface area contributed by atoms with Gasteiger partial charge in [-0.05, 0) is 12.8 Å². The monoisotopic (exact) mass is 329 g/mol. The van der Waals surface area contributed by atoms with Crippen molar-refractivity contribution >= 4 is 5.97 Å². The van der Waals surface area contributed by atoms with Crippen LogP contribution in [0.2, 0.25) is 0 Å². The first-order chi connectivity index (χ1) is 10.8. The molecule has 0 saturated carbocycles. The Labute approximate surface area is 144 Å². The smallest absolute Gasteiger partial charge is 0.382 e. The van der Waals surface area contributed by atoms with Crippen molar-refractivity contribution in [3.8, 4) is 0 Å². The maximum absolute atomic E-state index is 11.9. The topological polar surface area (TPSA) is 49.3 Å². The molecule has 0 rings (SSSR count). The number of carboxylic acid groups (broad SMARTS) is 1. The van der Waals surface area contributed by atoms with Crippen LogP contribution >= 0.6 is 0 Å². The molecule has 0 fully saturated rings. The first-order valence-corrected chi connectivity index (χ1v) is 9.61. The van der Waals surface area contributed by atoms with E-state index in [-0.39, 0.29) is 0 Å². The zero-order valence-corrected chi connectivity index (χ0v) is 16.3. The number of nitrogens with zero attached hydrogens (tertiary/aromatic N) is 1. The molecule has 0 aliphatic heterocycles. The molecule has 0 bridgehead atoms. The Morgan fingerprint density at radius 1 is 0.870 bits per heavy atom. The molecule has 4 heteroatoms. The van der Waals surface area contributed by atoms with Gasteiger partial charge in [0, 0.05) is 13.0 Å². The van der Waals surface area contributed by atoms with Crippen LogP contribution in [0.4, 0.5) is 0 Å². The number of likely N-dealkylation sites (N-methyl/N-ethyl adjacent to an activating group) is 1. The first-order valence-electron chi connectivity index (χ1n) is 9.61. The molecule has 2 N–H and O–H groups in total. The molecule has 1 unspecified atom stereocenters. The Kier molecular flexibility index (Phi) is 11.5. The Hall–Kier alpha value is -0.610. The summed E-state index contributed by atoms with van der Waals surface area (Å²) in [5.41, 5.74) is -0.866. The van der Waals surface area contributed by atoms with Crippen LogP contribution in [-0.2, 0) is 4.79 Å². The molecule has 0 amide bonds. The van der Waals surface area contributed by atoms with E-state index in [1.54, 1.807) is 0 Å². The summed E-state index contributed by atoms with van der Waals surface area (Å²) >= 11 is 0. The lowest BCUT2D eigenvalue weighted by atomic mass is 10.00. The second kappa shape index (κ2) is 11.9. The Morgan fingerprint density at radius 2 is 1.35 bits per heavy atom. The number of aliphatic carboxylic acids is 1. The maximum Gasteiger partial charge on any atom is 0.382 e. The summed E-state index contributed by atoms with van der Waals surface area (Å²) in [4.78, 5) is 11.9. The van der Waals surface area contributed by atoms with E-state index in [1.165, 1.54) is 51.4 Å². The molecule has 1 atom stereocenters. The van der Waals surface area contributed by atoms with Crippen LogP contribution in [0.1, 0.15) is 84.5 Å². The van der Waals surface area contributed by atoms with Crippen molar-refractivity contribution in [2.24, 2.45) is 0 Å².